The monoisotopic (exact) mass is 329 g/mol. The van der Waals surface area contributed by atoms with Crippen LogP contribution in [0.15, 0.2) is 48.7 Å². The van der Waals surface area contributed by atoms with Gasteiger partial charge >= 0.3 is 5.97 Å². The zero-order chi connectivity index (χ0) is 16.4. The molecule has 3 aromatic rings. The SMILES string of the molecule is COC(=O)c1cc(Cc2ccc(Cl)nc2)c2ccccc2c1F. The molecule has 23 heavy (non-hydrogen) atoms. The Morgan fingerprint density at radius 2 is 1.96 bits per heavy atom. The second kappa shape index (κ2) is 6.34. The van der Waals surface area contributed by atoms with Crippen molar-refractivity contribution >= 4 is 28.3 Å². The summed E-state index contributed by atoms with van der Waals surface area (Å²) < 4.78 is 19.2. The van der Waals surface area contributed by atoms with E-state index in [0.29, 0.717) is 17.0 Å². The van der Waals surface area contributed by atoms with Crippen molar-refractivity contribution in [2.45, 2.75) is 6.42 Å². The first-order valence-corrected chi connectivity index (χ1v) is 7.37. The summed E-state index contributed by atoms with van der Waals surface area (Å²) in [7, 11) is 1.24. The number of ether oxygens (including phenoxy) is 1. The molecule has 0 saturated heterocycles. The fourth-order valence-electron chi connectivity index (χ4n) is 2.55. The fraction of sp³-hybridized carbons (Fsp3) is 0.111. The van der Waals surface area contributed by atoms with Crippen LogP contribution in [0.3, 0.4) is 0 Å². The van der Waals surface area contributed by atoms with E-state index in [9.17, 15) is 9.18 Å². The largest absolute Gasteiger partial charge is 0.465 e. The molecule has 0 aliphatic rings. The lowest BCUT2D eigenvalue weighted by molar-refractivity contribution is 0.0596. The minimum Gasteiger partial charge on any atom is -0.465 e. The molecule has 0 bridgehead atoms. The van der Waals surface area contributed by atoms with E-state index in [1.165, 1.54) is 13.2 Å². The van der Waals surface area contributed by atoms with Crippen LogP contribution in [0.25, 0.3) is 10.8 Å². The maximum Gasteiger partial charge on any atom is 0.340 e. The van der Waals surface area contributed by atoms with Crippen molar-refractivity contribution in [3.05, 3.63) is 76.3 Å². The maximum atomic E-state index is 14.5. The second-order valence-corrected chi connectivity index (χ2v) is 5.49. The number of carbonyl (C=O) groups is 1. The summed E-state index contributed by atoms with van der Waals surface area (Å²) in [6.45, 7) is 0. The van der Waals surface area contributed by atoms with Crippen LogP contribution in [0.1, 0.15) is 21.5 Å². The Kier molecular flexibility index (Phi) is 4.26. The van der Waals surface area contributed by atoms with Crippen LogP contribution < -0.4 is 0 Å². The molecule has 0 spiro atoms. The van der Waals surface area contributed by atoms with E-state index < -0.39 is 11.8 Å². The number of nitrogens with zero attached hydrogens (tertiary/aromatic N) is 1. The number of carbonyl (C=O) groups excluding carboxylic acids is 1. The van der Waals surface area contributed by atoms with Crippen LogP contribution >= 0.6 is 11.6 Å². The number of methoxy groups -OCH3 is 1. The van der Waals surface area contributed by atoms with Gasteiger partial charge in [0.15, 0.2) is 0 Å². The summed E-state index contributed by atoms with van der Waals surface area (Å²) in [5, 5.41) is 1.56. The lowest BCUT2D eigenvalue weighted by Crippen LogP contribution is -2.07. The Morgan fingerprint density at radius 1 is 1.22 bits per heavy atom. The molecule has 3 rings (SSSR count). The van der Waals surface area contributed by atoms with Crippen molar-refractivity contribution < 1.29 is 13.9 Å². The van der Waals surface area contributed by atoms with Gasteiger partial charge in [-0.2, -0.15) is 0 Å². The second-order valence-electron chi connectivity index (χ2n) is 5.10. The third-order valence-electron chi connectivity index (χ3n) is 3.65. The molecule has 0 N–H and O–H groups in total. The Hall–Kier alpha value is -2.46. The van der Waals surface area contributed by atoms with Gasteiger partial charge in [-0.3, -0.25) is 0 Å². The van der Waals surface area contributed by atoms with Crippen LogP contribution in [-0.4, -0.2) is 18.1 Å². The zero-order valence-electron chi connectivity index (χ0n) is 12.3. The third-order valence-corrected chi connectivity index (χ3v) is 3.88. The van der Waals surface area contributed by atoms with E-state index in [-0.39, 0.29) is 5.56 Å². The highest BCUT2D eigenvalue weighted by Gasteiger charge is 2.18. The topological polar surface area (TPSA) is 39.2 Å². The third kappa shape index (κ3) is 3.03. The van der Waals surface area contributed by atoms with E-state index in [0.717, 1.165) is 16.5 Å². The number of halogens is 2. The molecule has 0 aliphatic heterocycles. The number of hydrogen-bond acceptors (Lipinski definition) is 3. The van der Waals surface area contributed by atoms with E-state index in [1.54, 1.807) is 24.4 Å². The smallest absolute Gasteiger partial charge is 0.340 e. The molecule has 3 nitrogen and oxygen atoms in total. The quantitative estimate of drug-likeness (QED) is 0.528. The Morgan fingerprint density at radius 3 is 2.61 bits per heavy atom. The number of rotatable bonds is 3. The molecule has 0 aliphatic carbocycles. The Bertz CT molecular complexity index is 878. The van der Waals surface area contributed by atoms with Gasteiger partial charge in [0, 0.05) is 11.6 Å². The average Bonchev–Trinajstić information content (AvgIpc) is 2.58. The molecule has 0 fully saturated rings. The normalized spacial score (nSPS) is 10.7. The van der Waals surface area contributed by atoms with Crippen LogP contribution in [-0.2, 0) is 11.2 Å². The number of hydrogen-bond donors (Lipinski definition) is 0. The lowest BCUT2D eigenvalue weighted by atomic mass is 9.96. The summed E-state index contributed by atoms with van der Waals surface area (Å²) in [4.78, 5) is 15.9. The highest BCUT2D eigenvalue weighted by molar-refractivity contribution is 6.29. The fourth-order valence-corrected chi connectivity index (χ4v) is 2.66. The maximum absolute atomic E-state index is 14.5. The molecule has 0 radical (unpaired) electrons. The lowest BCUT2D eigenvalue weighted by Gasteiger charge is -2.11. The molecule has 0 unspecified atom stereocenters. The average molecular weight is 330 g/mol. The van der Waals surface area contributed by atoms with Gasteiger partial charge < -0.3 is 4.74 Å². The molecular weight excluding hydrogens is 317 g/mol. The van der Waals surface area contributed by atoms with E-state index >= 15 is 0 Å². The summed E-state index contributed by atoms with van der Waals surface area (Å²) >= 11 is 5.79. The van der Waals surface area contributed by atoms with Gasteiger partial charge in [0.25, 0.3) is 0 Å². The van der Waals surface area contributed by atoms with E-state index in [2.05, 4.69) is 9.72 Å². The number of aromatic nitrogens is 1. The molecule has 1 aromatic heterocycles. The molecule has 0 atom stereocenters. The van der Waals surface area contributed by atoms with Crippen LogP contribution in [0.4, 0.5) is 4.39 Å². The minimum atomic E-state index is -0.691. The van der Waals surface area contributed by atoms with Crippen molar-refractivity contribution in [3.8, 4) is 0 Å². The van der Waals surface area contributed by atoms with Crippen molar-refractivity contribution in [2.24, 2.45) is 0 Å². The van der Waals surface area contributed by atoms with Gasteiger partial charge in [-0.1, -0.05) is 41.9 Å². The van der Waals surface area contributed by atoms with Gasteiger partial charge in [-0.25, -0.2) is 14.2 Å². The predicted octanol–water partition coefficient (Wildman–Crippen LogP) is 4.40. The van der Waals surface area contributed by atoms with Gasteiger partial charge in [-0.15, -0.1) is 0 Å². The standard InChI is InChI=1S/C18H13ClFNO2/c1-23-18(22)15-9-12(8-11-6-7-16(19)21-10-11)13-4-2-3-5-14(13)17(15)20/h2-7,9-10H,8H2,1H3. The Balaban J connectivity index is 2.16. The number of esters is 1. The predicted molar refractivity (Wildman–Crippen MR) is 87.3 cm³/mol. The van der Waals surface area contributed by atoms with Crippen LogP contribution in [0.2, 0.25) is 5.15 Å². The van der Waals surface area contributed by atoms with Crippen molar-refractivity contribution in [2.75, 3.05) is 7.11 Å². The number of pyridine rings is 1. The van der Waals surface area contributed by atoms with E-state index in [1.807, 2.05) is 18.2 Å². The number of fused-ring (bicyclic) bond motifs is 1. The van der Waals surface area contributed by atoms with Gasteiger partial charge in [0.1, 0.15) is 11.0 Å². The first-order valence-electron chi connectivity index (χ1n) is 6.99. The summed E-state index contributed by atoms with van der Waals surface area (Å²) in [5.41, 5.74) is 1.68. The van der Waals surface area contributed by atoms with Crippen molar-refractivity contribution in [1.29, 1.82) is 0 Å². The molecule has 1 heterocycles. The van der Waals surface area contributed by atoms with Gasteiger partial charge in [0.05, 0.1) is 12.7 Å². The zero-order valence-corrected chi connectivity index (χ0v) is 13.1. The van der Waals surface area contributed by atoms with Gasteiger partial charge in [0.2, 0.25) is 0 Å². The summed E-state index contributed by atoms with van der Waals surface area (Å²) in [6.07, 6.45) is 2.17. The molecule has 0 amide bonds. The van der Waals surface area contributed by atoms with Crippen LogP contribution in [0, 0.1) is 5.82 Å². The van der Waals surface area contributed by atoms with Crippen molar-refractivity contribution in [3.63, 3.8) is 0 Å². The summed E-state index contributed by atoms with van der Waals surface area (Å²) in [5.74, 6) is -1.26. The van der Waals surface area contributed by atoms with Crippen LogP contribution in [0.5, 0.6) is 0 Å². The Labute approximate surface area is 137 Å². The molecule has 2 aromatic carbocycles. The highest BCUT2D eigenvalue weighted by atomic mass is 35.5. The molecular formula is C18H13ClFNO2. The molecule has 0 saturated carbocycles. The minimum absolute atomic E-state index is 0.0666. The first kappa shape index (κ1) is 15.4. The molecule has 5 heteroatoms. The summed E-state index contributed by atoms with van der Waals surface area (Å²) in [6, 6.07) is 12.1. The van der Waals surface area contributed by atoms with Crippen molar-refractivity contribution in [1.82, 2.24) is 4.98 Å². The van der Waals surface area contributed by atoms with E-state index in [4.69, 9.17) is 11.6 Å². The highest BCUT2D eigenvalue weighted by Crippen LogP contribution is 2.27. The number of benzene rings is 2. The molecule has 116 valence electrons. The van der Waals surface area contributed by atoms with Gasteiger partial charge in [-0.05, 0) is 35.1 Å². The first-order chi connectivity index (χ1) is 11.1.